The van der Waals surface area contributed by atoms with Crippen LogP contribution < -0.4 is 0 Å². The molecule has 1 spiro atoms. The zero-order valence-corrected chi connectivity index (χ0v) is 15.3. The predicted molar refractivity (Wildman–Crippen MR) is 90.0 cm³/mol. The lowest BCUT2D eigenvalue weighted by Crippen LogP contribution is -2.58. The van der Waals surface area contributed by atoms with Crippen molar-refractivity contribution in [3.05, 3.63) is 0 Å². The second-order valence-electron chi connectivity index (χ2n) is 8.52. The smallest absolute Gasteiger partial charge is 0.411 e. The number of carboxylic acid groups (broad SMARTS) is 1. The first-order chi connectivity index (χ1) is 11.6. The van der Waals surface area contributed by atoms with E-state index in [2.05, 4.69) is 0 Å². The third-order valence-electron chi connectivity index (χ3n) is 5.52. The molecule has 2 saturated heterocycles. The van der Waals surface area contributed by atoms with Crippen LogP contribution in [-0.4, -0.2) is 63.1 Å². The Bertz CT molecular complexity index is 579. The van der Waals surface area contributed by atoms with Gasteiger partial charge >= 0.3 is 12.1 Å². The van der Waals surface area contributed by atoms with E-state index < -0.39 is 29.6 Å². The van der Waals surface area contributed by atoms with E-state index in [0.717, 1.165) is 25.7 Å². The van der Waals surface area contributed by atoms with Crippen LogP contribution in [0.2, 0.25) is 0 Å². The third kappa shape index (κ3) is 3.46. The molecule has 7 heteroatoms. The van der Waals surface area contributed by atoms with E-state index in [1.807, 2.05) is 4.90 Å². The molecule has 0 aromatic heterocycles. The summed E-state index contributed by atoms with van der Waals surface area (Å²) in [6, 6.07) is -1.15. The van der Waals surface area contributed by atoms with Gasteiger partial charge in [0.25, 0.3) is 0 Å². The molecule has 2 aliphatic heterocycles. The molecule has 7 nitrogen and oxygen atoms in total. The molecule has 140 valence electrons. The van der Waals surface area contributed by atoms with Crippen molar-refractivity contribution in [3.63, 3.8) is 0 Å². The van der Waals surface area contributed by atoms with Crippen molar-refractivity contribution in [2.45, 2.75) is 76.5 Å². The fraction of sp³-hybridized carbons (Fsp3) is 0.833. The molecule has 2 amide bonds. The molecular formula is C18H28N2O5. The molecule has 0 bridgehead atoms. The van der Waals surface area contributed by atoms with Crippen molar-refractivity contribution in [2.24, 2.45) is 5.92 Å². The maximum absolute atomic E-state index is 13.1. The summed E-state index contributed by atoms with van der Waals surface area (Å²) in [6.45, 7) is 6.24. The Morgan fingerprint density at radius 3 is 2.32 bits per heavy atom. The highest BCUT2D eigenvalue weighted by Gasteiger charge is 2.55. The number of rotatable bonds is 2. The van der Waals surface area contributed by atoms with Crippen LogP contribution in [0.25, 0.3) is 0 Å². The molecule has 0 radical (unpaired) electrons. The first-order valence-electron chi connectivity index (χ1n) is 9.19. The minimum Gasteiger partial charge on any atom is -0.480 e. The van der Waals surface area contributed by atoms with Crippen LogP contribution >= 0.6 is 0 Å². The topological polar surface area (TPSA) is 87.2 Å². The fourth-order valence-corrected chi connectivity index (χ4v) is 4.23. The van der Waals surface area contributed by atoms with Crippen molar-refractivity contribution in [3.8, 4) is 0 Å². The normalized spacial score (nSPS) is 28.1. The van der Waals surface area contributed by atoms with Gasteiger partial charge in [-0.05, 0) is 59.3 Å². The van der Waals surface area contributed by atoms with Gasteiger partial charge in [-0.15, -0.1) is 0 Å². The summed E-state index contributed by atoms with van der Waals surface area (Å²) in [5.41, 5.74) is -0.724. The zero-order chi connectivity index (χ0) is 18.4. The predicted octanol–water partition coefficient (Wildman–Crippen LogP) is 2.24. The van der Waals surface area contributed by atoms with Crippen molar-refractivity contribution < 1.29 is 24.2 Å². The van der Waals surface area contributed by atoms with Crippen LogP contribution in [-0.2, 0) is 14.3 Å². The van der Waals surface area contributed by atoms with Crippen molar-refractivity contribution in [2.75, 3.05) is 13.1 Å². The number of likely N-dealkylation sites (tertiary alicyclic amines) is 2. The van der Waals surface area contributed by atoms with E-state index in [0.29, 0.717) is 25.9 Å². The number of nitrogens with zero attached hydrogens (tertiary/aromatic N) is 2. The number of ether oxygens (including phenoxy) is 1. The number of carboxylic acids is 1. The van der Waals surface area contributed by atoms with Crippen molar-refractivity contribution in [1.82, 2.24) is 9.80 Å². The Hall–Kier alpha value is -1.79. The van der Waals surface area contributed by atoms with Crippen LogP contribution in [0.1, 0.15) is 59.3 Å². The molecule has 2 heterocycles. The largest absolute Gasteiger partial charge is 0.480 e. The lowest BCUT2D eigenvalue weighted by molar-refractivity contribution is -0.155. The number of hydrogen-bond acceptors (Lipinski definition) is 4. The Morgan fingerprint density at radius 1 is 1.08 bits per heavy atom. The van der Waals surface area contributed by atoms with Crippen LogP contribution in [0.15, 0.2) is 0 Å². The Morgan fingerprint density at radius 2 is 1.76 bits per heavy atom. The fourth-order valence-electron chi connectivity index (χ4n) is 4.23. The number of hydrogen-bond donors (Lipinski definition) is 1. The van der Waals surface area contributed by atoms with E-state index in [-0.39, 0.29) is 11.4 Å². The zero-order valence-electron chi connectivity index (χ0n) is 15.3. The monoisotopic (exact) mass is 352 g/mol. The number of carbonyl (C=O) groups is 3. The van der Waals surface area contributed by atoms with Crippen LogP contribution in [0.3, 0.4) is 0 Å². The lowest BCUT2D eigenvalue weighted by Gasteiger charge is -2.40. The molecule has 3 aliphatic rings. The second kappa shape index (κ2) is 6.18. The Balaban J connectivity index is 1.80. The van der Waals surface area contributed by atoms with E-state index in [1.54, 1.807) is 20.8 Å². The minimum absolute atomic E-state index is 0.0195. The summed E-state index contributed by atoms with van der Waals surface area (Å²) in [7, 11) is 0. The summed E-state index contributed by atoms with van der Waals surface area (Å²) >= 11 is 0. The number of piperidine rings is 1. The maximum Gasteiger partial charge on any atom is 0.411 e. The average molecular weight is 352 g/mol. The Labute approximate surface area is 148 Å². The van der Waals surface area contributed by atoms with Gasteiger partial charge in [0.15, 0.2) is 0 Å². The molecule has 1 aliphatic carbocycles. The summed E-state index contributed by atoms with van der Waals surface area (Å²) in [6.07, 6.45) is 4.48. The van der Waals surface area contributed by atoms with E-state index in [9.17, 15) is 19.5 Å². The molecule has 0 aromatic rings. The highest BCUT2D eigenvalue weighted by molar-refractivity contribution is 5.90. The first kappa shape index (κ1) is 18.0. The molecule has 1 N–H and O–H groups in total. The highest BCUT2D eigenvalue weighted by atomic mass is 16.6. The summed E-state index contributed by atoms with van der Waals surface area (Å²) in [5, 5.41) is 9.74. The quantitative estimate of drug-likeness (QED) is 0.823. The second-order valence-corrected chi connectivity index (χ2v) is 8.52. The van der Waals surface area contributed by atoms with Crippen LogP contribution in [0.4, 0.5) is 4.79 Å². The van der Waals surface area contributed by atoms with Crippen molar-refractivity contribution >= 4 is 18.0 Å². The van der Waals surface area contributed by atoms with Crippen molar-refractivity contribution in [1.29, 1.82) is 0 Å². The van der Waals surface area contributed by atoms with Gasteiger partial charge < -0.3 is 14.7 Å². The summed E-state index contributed by atoms with van der Waals surface area (Å²) in [4.78, 5) is 40.6. The molecule has 0 aromatic carbocycles. The van der Waals surface area contributed by atoms with Gasteiger partial charge in [0, 0.05) is 18.6 Å². The molecule has 25 heavy (non-hydrogen) atoms. The first-order valence-corrected chi connectivity index (χ1v) is 9.19. The minimum atomic E-state index is -1.15. The van der Waals surface area contributed by atoms with E-state index >= 15 is 0 Å². The maximum atomic E-state index is 13.1. The van der Waals surface area contributed by atoms with Crippen LogP contribution in [0, 0.1) is 5.92 Å². The van der Waals surface area contributed by atoms with E-state index in [1.165, 1.54) is 4.90 Å². The average Bonchev–Trinajstić information content (AvgIpc) is 3.15. The van der Waals surface area contributed by atoms with Gasteiger partial charge in [0.2, 0.25) is 5.91 Å². The summed E-state index contributed by atoms with van der Waals surface area (Å²) in [5.74, 6) is -1.92. The molecule has 3 fully saturated rings. The van der Waals surface area contributed by atoms with Crippen LogP contribution in [0.5, 0.6) is 0 Å². The molecule has 3 rings (SSSR count). The summed E-state index contributed by atoms with van der Waals surface area (Å²) < 4.78 is 5.36. The molecule has 0 unspecified atom stereocenters. The van der Waals surface area contributed by atoms with Gasteiger partial charge in [-0.1, -0.05) is 0 Å². The van der Waals surface area contributed by atoms with Gasteiger partial charge in [-0.2, -0.15) is 0 Å². The van der Waals surface area contributed by atoms with E-state index in [4.69, 9.17) is 4.74 Å². The Kier molecular flexibility index (Phi) is 4.45. The standard InChI is InChI=1S/C18H28N2O5/c1-17(2,3)25-16(24)19-10-4-6-12(13(19)15(22)23)14(21)20-11-5-7-18(20)8-9-18/h12-13H,4-11H2,1-3H3,(H,22,23)/t12-,13+/m0/s1. The SMILES string of the molecule is CC(C)(C)OC(=O)N1CCC[C@H](C(=O)N2CCCC23CC3)[C@@H]1C(=O)O. The molecule has 1 saturated carbocycles. The number of carbonyl (C=O) groups excluding carboxylic acids is 2. The van der Waals surface area contributed by atoms with Gasteiger partial charge in [-0.3, -0.25) is 9.69 Å². The third-order valence-corrected chi connectivity index (χ3v) is 5.52. The molecule has 2 atom stereocenters. The number of amides is 2. The van der Waals surface area contributed by atoms with Gasteiger partial charge in [0.1, 0.15) is 11.6 Å². The molecular weight excluding hydrogens is 324 g/mol. The number of aliphatic carboxylic acids is 1. The van der Waals surface area contributed by atoms with Gasteiger partial charge in [0.05, 0.1) is 5.92 Å². The highest BCUT2D eigenvalue weighted by Crippen LogP contribution is 2.50. The lowest BCUT2D eigenvalue weighted by atomic mass is 9.87. The van der Waals surface area contributed by atoms with Gasteiger partial charge in [-0.25, -0.2) is 9.59 Å².